The van der Waals surface area contributed by atoms with Crippen LogP contribution in [0.5, 0.6) is 0 Å². The van der Waals surface area contributed by atoms with Gasteiger partial charge in [0.2, 0.25) is 0 Å². The molecule has 18 heavy (non-hydrogen) atoms. The predicted octanol–water partition coefficient (Wildman–Crippen LogP) is 2.14. The van der Waals surface area contributed by atoms with Gasteiger partial charge in [0.05, 0.1) is 6.54 Å². The molecule has 1 aliphatic carbocycles. The van der Waals surface area contributed by atoms with Crippen LogP contribution in [0.25, 0.3) is 0 Å². The van der Waals surface area contributed by atoms with E-state index in [2.05, 4.69) is 9.88 Å². The molecule has 1 aromatic heterocycles. The molecule has 1 saturated carbocycles. The molecule has 1 N–H and O–H groups in total. The minimum atomic E-state index is -0.655. The smallest absolute Gasteiger partial charge is 0.321 e. The predicted molar refractivity (Wildman–Crippen MR) is 69.5 cm³/mol. The van der Waals surface area contributed by atoms with Gasteiger partial charge in [0.25, 0.3) is 0 Å². The van der Waals surface area contributed by atoms with Crippen molar-refractivity contribution in [1.29, 1.82) is 0 Å². The lowest BCUT2D eigenvalue weighted by Crippen LogP contribution is -2.39. The minimum Gasteiger partial charge on any atom is -0.480 e. The number of aryl methyl sites for hydroxylation is 1. The number of nitrogens with zero attached hydrogens (tertiary/aromatic N) is 2. The maximum absolute atomic E-state index is 11.5. The van der Waals surface area contributed by atoms with Gasteiger partial charge in [0.15, 0.2) is 0 Å². The lowest BCUT2D eigenvalue weighted by molar-refractivity contribution is -0.143. The van der Waals surface area contributed by atoms with Crippen LogP contribution in [0.2, 0.25) is 0 Å². The first kappa shape index (κ1) is 12.1. The quantitative estimate of drug-likeness (QED) is 0.910. The average Bonchev–Trinajstić information content (AvgIpc) is 2.93. The van der Waals surface area contributed by atoms with Crippen molar-refractivity contribution in [3.63, 3.8) is 0 Å². The summed E-state index contributed by atoms with van der Waals surface area (Å²) < 4.78 is 0. The van der Waals surface area contributed by atoms with Crippen LogP contribution in [0.1, 0.15) is 30.0 Å². The summed E-state index contributed by atoms with van der Waals surface area (Å²) in [6.45, 7) is 3.61. The first-order chi connectivity index (χ1) is 8.65. The molecular formula is C13H18N2O2S. The van der Waals surface area contributed by atoms with E-state index in [9.17, 15) is 9.90 Å². The summed E-state index contributed by atoms with van der Waals surface area (Å²) in [5.41, 5.74) is 1.03. The van der Waals surface area contributed by atoms with E-state index >= 15 is 0 Å². The zero-order valence-corrected chi connectivity index (χ0v) is 11.3. The van der Waals surface area contributed by atoms with Crippen LogP contribution in [-0.4, -0.2) is 33.5 Å². The Morgan fingerprint density at radius 2 is 2.44 bits per heavy atom. The van der Waals surface area contributed by atoms with Crippen LogP contribution < -0.4 is 0 Å². The van der Waals surface area contributed by atoms with E-state index in [-0.39, 0.29) is 6.04 Å². The second-order valence-electron chi connectivity index (χ2n) is 5.45. The Morgan fingerprint density at radius 1 is 1.61 bits per heavy atom. The monoisotopic (exact) mass is 266 g/mol. The third-order valence-electron chi connectivity index (χ3n) is 4.24. The van der Waals surface area contributed by atoms with Crippen LogP contribution in [0, 0.1) is 18.8 Å². The van der Waals surface area contributed by atoms with Crippen LogP contribution in [-0.2, 0) is 11.3 Å². The molecule has 2 fully saturated rings. The molecule has 1 aromatic rings. The molecule has 3 unspecified atom stereocenters. The van der Waals surface area contributed by atoms with E-state index in [0.29, 0.717) is 18.4 Å². The number of carbonyl (C=O) groups is 1. The fourth-order valence-electron chi connectivity index (χ4n) is 3.54. The SMILES string of the molecule is Cc1csc(CN2CC3CCCC3C2C(=O)O)n1. The van der Waals surface area contributed by atoms with Gasteiger partial charge in [-0.2, -0.15) is 0 Å². The van der Waals surface area contributed by atoms with Gasteiger partial charge < -0.3 is 5.11 Å². The molecule has 3 atom stereocenters. The highest BCUT2D eigenvalue weighted by Gasteiger charge is 2.47. The normalized spacial score (nSPS) is 31.7. The largest absolute Gasteiger partial charge is 0.480 e. The molecule has 2 heterocycles. The van der Waals surface area contributed by atoms with Crippen molar-refractivity contribution in [2.45, 2.75) is 38.8 Å². The summed E-state index contributed by atoms with van der Waals surface area (Å²) >= 11 is 1.63. The third-order valence-corrected chi connectivity index (χ3v) is 5.20. The molecule has 2 aliphatic rings. The second-order valence-corrected chi connectivity index (χ2v) is 6.39. The van der Waals surface area contributed by atoms with Gasteiger partial charge in [-0.1, -0.05) is 6.42 Å². The van der Waals surface area contributed by atoms with Crippen molar-refractivity contribution < 1.29 is 9.90 Å². The lowest BCUT2D eigenvalue weighted by Gasteiger charge is -2.22. The van der Waals surface area contributed by atoms with Crippen LogP contribution in [0.4, 0.5) is 0 Å². The highest BCUT2D eigenvalue weighted by molar-refractivity contribution is 7.09. The molecule has 0 radical (unpaired) electrons. The number of rotatable bonds is 3. The summed E-state index contributed by atoms with van der Waals surface area (Å²) in [5, 5.41) is 12.5. The van der Waals surface area contributed by atoms with Gasteiger partial charge >= 0.3 is 5.97 Å². The molecule has 1 saturated heterocycles. The van der Waals surface area contributed by atoms with Crippen molar-refractivity contribution in [1.82, 2.24) is 9.88 Å². The van der Waals surface area contributed by atoms with Crippen LogP contribution in [0.3, 0.4) is 0 Å². The lowest BCUT2D eigenvalue weighted by atomic mass is 9.94. The molecule has 0 amide bonds. The fraction of sp³-hybridized carbons (Fsp3) is 0.692. The third kappa shape index (κ3) is 2.06. The Labute approximate surface area is 111 Å². The van der Waals surface area contributed by atoms with Gasteiger partial charge in [-0.05, 0) is 31.6 Å². The first-order valence-corrected chi connectivity index (χ1v) is 7.41. The van der Waals surface area contributed by atoms with E-state index in [1.165, 1.54) is 12.8 Å². The fourth-order valence-corrected chi connectivity index (χ4v) is 4.34. The number of carboxylic acids is 1. The molecule has 1 aliphatic heterocycles. The highest BCUT2D eigenvalue weighted by atomic mass is 32.1. The van der Waals surface area contributed by atoms with Crippen LogP contribution in [0.15, 0.2) is 5.38 Å². The number of aromatic nitrogens is 1. The van der Waals surface area contributed by atoms with Gasteiger partial charge in [-0.3, -0.25) is 9.69 Å². The van der Waals surface area contributed by atoms with Gasteiger partial charge in [-0.15, -0.1) is 11.3 Å². The number of thiazole rings is 1. The maximum Gasteiger partial charge on any atom is 0.321 e. The summed E-state index contributed by atoms with van der Waals surface area (Å²) in [7, 11) is 0. The van der Waals surface area contributed by atoms with Gasteiger partial charge in [-0.25, -0.2) is 4.98 Å². The molecule has 0 spiro atoms. The zero-order chi connectivity index (χ0) is 12.7. The van der Waals surface area contributed by atoms with Crippen molar-refractivity contribution >= 4 is 17.3 Å². The average molecular weight is 266 g/mol. The van der Waals surface area contributed by atoms with Crippen molar-refractivity contribution in [3.8, 4) is 0 Å². The van der Waals surface area contributed by atoms with Crippen molar-refractivity contribution in [3.05, 3.63) is 16.1 Å². The molecule has 4 nitrogen and oxygen atoms in total. The number of carboxylic acid groups (broad SMARTS) is 1. The number of likely N-dealkylation sites (tertiary alicyclic amines) is 1. The van der Waals surface area contributed by atoms with E-state index in [1.807, 2.05) is 12.3 Å². The Bertz CT molecular complexity index is 460. The zero-order valence-electron chi connectivity index (χ0n) is 10.5. The van der Waals surface area contributed by atoms with E-state index in [0.717, 1.165) is 23.7 Å². The van der Waals surface area contributed by atoms with Crippen molar-refractivity contribution in [2.24, 2.45) is 11.8 Å². The maximum atomic E-state index is 11.5. The Kier molecular flexibility index (Phi) is 3.11. The van der Waals surface area contributed by atoms with Gasteiger partial charge in [0.1, 0.15) is 11.0 Å². The van der Waals surface area contributed by atoms with E-state index in [4.69, 9.17) is 0 Å². The number of hydrogen-bond acceptors (Lipinski definition) is 4. The summed E-state index contributed by atoms with van der Waals surface area (Å²) in [4.78, 5) is 18.1. The molecule has 0 bridgehead atoms. The van der Waals surface area contributed by atoms with Crippen LogP contribution >= 0.6 is 11.3 Å². The summed E-state index contributed by atoms with van der Waals surface area (Å²) in [6, 6.07) is -0.290. The molecule has 5 heteroatoms. The van der Waals surface area contributed by atoms with E-state index in [1.54, 1.807) is 11.3 Å². The molecule has 3 rings (SSSR count). The molecular weight excluding hydrogens is 248 g/mol. The topological polar surface area (TPSA) is 53.4 Å². The Morgan fingerprint density at radius 3 is 3.11 bits per heavy atom. The minimum absolute atomic E-state index is 0.290. The Hall–Kier alpha value is -0.940. The standard InChI is InChI=1S/C13H18N2O2S/c1-8-7-18-11(14-8)6-15-5-9-3-2-4-10(9)12(15)13(16)17/h7,9-10,12H,2-6H2,1H3,(H,16,17). The Balaban J connectivity index is 1.77. The first-order valence-electron chi connectivity index (χ1n) is 6.53. The number of fused-ring (bicyclic) bond motifs is 1. The molecule has 0 aromatic carbocycles. The van der Waals surface area contributed by atoms with E-state index < -0.39 is 5.97 Å². The highest BCUT2D eigenvalue weighted by Crippen LogP contribution is 2.42. The summed E-state index contributed by atoms with van der Waals surface area (Å²) in [5.74, 6) is 0.299. The van der Waals surface area contributed by atoms with Crippen molar-refractivity contribution in [2.75, 3.05) is 6.54 Å². The second kappa shape index (κ2) is 4.63. The number of aliphatic carboxylic acids is 1. The number of hydrogen-bond donors (Lipinski definition) is 1. The summed E-state index contributed by atoms with van der Waals surface area (Å²) in [6.07, 6.45) is 3.47. The molecule has 98 valence electrons. The van der Waals surface area contributed by atoms with Gasteiger partial charge in [0, 0.05) is 17.6 Å².